The van der Waals surface area contributed by atoms with Gasteiger partial charge in [-0.3, -0.25) is 4.79 Å². The fraction of sp³-hybridized carbons (Fsp3) is 0.533. The lowest BCUT2D eigenvalue weighted by Gasteiger charge is -2.30. The van der Waals surface area contributed by atoms with Gasteiger partial charge in [0.15, 0.2) is 0 Å². The van der Waals surface area contributed by atoms with Crippen molar-refractivity contribution in [2.24, 2.45) is 5.73 Å². The minimum atomic E-state index is -0.477. The Labute approximate surface area is 109 Å². The number of benzene rings is 1. The van der Waals surface area contributed by atoms with Gasteiger partial charge in [-0.1, -0.05) is 24.3 Å². The van der Waals surface area contributed by atoms with Gasteiger partial charge < -0.3 is 10.6 Å². The van der Waals surface area contributed by atoms with Crippen LogP contribution in [0.4, 0.5) is 0 Å². The Morgan fingerprint density at radius 1 is 1.39 bits per heavy atom. The van der Waals surface area contributed by atoms with Crippen LogP contribution in [-0.4, -0.2) is 29.9 Å². The lowest BCUT2D eigenvalue weighted by molar-refractivity contribution is -0.135. The number of likely N-dealkylation sites (tertiary alicyclic amines) is 1. The number of aryl methyl sites for hydroxylation is 1. The van der Waals surface area contributed by atoms with Crippen LogP contribution >= 0.6 is 0 Å². The summed E-state index contributed by atoms with van der Waals surface area (Å²) >= 11 is 0. The molecular weight excluding hydrogens is 224 g/mol. The van der Waals surface area contributed by atoms with Crippen LogP contribution in [0, 0.1) is 6.92 Å². The molecular formula is C15H22N2O. The fourth-order valence-electron chi connectivity index (χ4n) is 2.76. The minimum Gasteiger partial charge on any atom is -0.340 e. The molecule has 1 fully saturated rings. The Bertz CT molecular complexity index is 454. The first-order chi connectivity index (χ1) is 8.43. The molecule has 0 unspecified atom stereocenters. The quantitative estimate of drug-likeness (QED) is 0.865. The van der Waals surface area contributed by atoms with Crippen LogP contribution in [0.1, 0.15) is 31.4 Å². The van der Waals surface area contributed by atoms with E-state index in [1.807, 2.05) is 36.9 Å². The minimum absolute atomic E-state index is 0.140. The molecule has 1 aromatic rings. The molecule has 0 saturated carbocycles. The topological polar surface area (TPSA) is 46.3 Å². The van der Waals surface area contributed by atoms with E-state index >= 15 is 0 Å². The second-order valence-electron chi connectivity index (χ2n) is 5.74. The lowest BCUT2D eigenvalue weighted by Crippen LogP contribution is -2.43. The number of carbonyl (C=O) groups excluding carboxylic acids is 1. The Kier molecular flexibility index (Phi) is 3.44. The van der Waals surface area contributed by atoms with E-state index in [0.717, 1.165) is 18.5 Å². The van der Waals surface area contributed by atoms with E-state index in [9.17, 15) is 4.79 Å². The van der Waals surface area contributed by atoms with Crippen molar-refractivity contribution in [1.82, 2.24) is 4.90 Å². The molecule has 3 heteroatoms. The van der Waals surface area contributed by atoms with Crippen molar-refractivity contribution in [1.29, 1.82) is 0 Å². The third-order valence-electron chi connectivity index (χ3n) is 3.86. The van der Waals surface area contributed by atoms with Crippen molar-refractivity contribution in [3.63, 3.8) is 0 Å². The molecule has 0 aliphatic carbocycles. The number of nitrogens with zero attached hydrogens (tertiary/aromatic N) is 1. The van der Waals surface area contributed by atoms with Crippen molar-refractivity contribution in [2.45, 2.75) is 38.6 Å². The van der Waals surface area contributed by atoms with Crippen LogP contribution in [0.15, 0.2) is 24.3 Å². The average molecular weight is 246 g/mol. The molecule has 0 spiro atoms. The molecule has 3 nitrogen and oxygen atoms in total. The molecule has 98 valence electrons. The van der Waals surface area contributed by atoms with Gasteiger partial charge in [0.2, 0.25) is 5.91 Å². The summed E-state index contributed by atoms with van der Waals surface area (Å²) in [6.45, 7) is 7.53. The molecule has 1 atom stereocenters. The second kappa shape index (κ2) is 4.73. The molecule has 1 saturated heterocycles. The highest BCUT2D eigenvalue weighted by molar-refractivity contribution is 5.88. The zero-order valence-corrected chi connectivity index (χ0v) is 11.4. The molecule has 2 N–H and O–H groups in total. The average Bonchev–Trinajstić information content (AvgIpc) is 2.75. The summed E-state index contributed by atoms with van der Waals surface area (Å²) in [6.07, 6.45) is 0.912. The third kappa shape index (κ3) is 2.27. The maximum absolute atomic E-state index is 12.6. The maximum Gasteiger partial charge on any atom is 0.232 e. The molecule has 1 amide bonds. The van der Waals surface area contributed by atoms with Gasteiger partial charge in [0.25, 0.3) is 0 Å². The highest BCUT2D eigenvalue weighted by Crippen LogP contribution is 2.29. The predicted octanol–water partition coefficient (Wildman–Crippen LogP) is 1.83. The van der Waals surface area contributed by atoms with E-state index in [-0.39, 0.29) is 11.9 Å². The van der Waals surface area contributed by atoms with Crippen molar-refractivity contribution < 1.29 is 4.79 Å². The molecule has 18 heavy (non-hydrogen) atoms. The van der Waals surface area contributed by atoms with Crippen molar-refractivity contribution in [2.75, 3.05) is 13.1 Å². The van der Waals surface area contributed by atoms with Crippen molar-refractivity contribution in [3.8, 4) is 0 Å². The predicted molar refractivity (Wildman–Crippen MR) is 73.4 cm³/mol. The summed E-state index contributed by atoms with van der Waals surface area (Å²) in [4.78, 5) is 14.5. The fourth-order valence-corrected chi connectivity index (χ4v) is 2.76. The van der Waals surface area contributed by atoms with Gasteiger partial charge in [0, 0.05) is 19.1 Å². The normalized spacial score (nSPS) is 20.2. The van der Waals surface area contributed by atoms with Gasteiger partial charge in [-0.15, -0.1) is 0 Å². The maximum atomic E-state index is 12.6. The van der Waals surface area contributed by atoms with E-state index in [0.29, 0.717) is 6.54 Å². The van der Waals surface area contributed by atoms with Gasteiger partial charge in [0.1, 0.15) is 0 Å². The van der Waals surface area contributed by atoms with E-state index < -0.39 is 5.41 Å². The van der Waals surface area contributed by atoms with Gasteiger partial charge >= 0.3 is 0 Å². The first-order valence-electron chi connectivity index (χ1n) is 6.54. The van der Waals surface area contributed by atoms with Gasteiger partial charge in [-0.25, -0.2) is 0 Å². The van der Waals surface area contributed by atoms with Gasteiger partial charge in [-0.2, -0.15) is 0 Å². The van der Waals surface area contributed by atoms with Gasteiger partial charge in [-0.05, 0) is 38.3 Å². The summed E-state index contributed by atoms with van der Waals surface area (Å²) in [6, 6.07) is 8.24. The number of nitrogens with two attached hydrogens (primary N) is 1. The lowest BCUT2D eigenvalue weighted by atomic mass is 9.81. The van der Waals surface area contributed by atoms with E-state index in [1.165, 1.54) is 5.56 Å². The smallest absolute Gasteiger partial charge is 0.232 e. The van der Waals surface area contributed by atoms with Crippen LogP contribution in [-0.2, 0) is 10.2 Å². The summed E-state index contributed by atoms with van der Waals surface area (Å²) in [5, 5.41) is 0. The number of hydrogen-bond acceptors (Lipinski definition) is 2. The van der Waals surface area contributed by atoms with E-state index in [4.69, 9.17) is 5.73 Å². The number of rotatable bonds is 2. The summed E-state index contributed by atoms with van der Waals surface area (Å²) in [5.74, 6) is 0.185. The molecule has 1 aromatic carbocycles. The highest BCUT2D eigenvalue weighted by atomic mass is 16.2. The second-order valence-corrected chi connectivity index (χ2v) is 5.74. The summed E-state index contributed by atoms with van der Waals surface area (Å²) < 4.78 is 0. The number of hydrogen-bond donors (Lipinski definition) is 1. The number of amides is 1. The van der Waals surface area contributed by atoms with Crippen molar-refractivity contribution in [3.05, 3.63) is 35.4 Å². The van der Waals surface area contributed by atoms with Gasteiger partial charge in [0.05, 0.1) is 5.41 Å². The monoisotopic (exact) mass is 246 g/mol. The first kappa shape index (κ1) is 13.1. The van der Waals surface area contributed by atoms with Crippen LogP contribution in [0.3, 0.4) is 0 Å². The zero-order chi connectivity index (χ0) is 13.3. The first-order valence-corrected chi connectivity index (χ1v) is 6.54. The summed E-state index contributed by atoms with van der Waals surface area (Å²) in [5.41, 5.74) is 7.68. The largest absolute Gasteiger partial charge is 0.340 e. The van der Waals surface area contributed by atoms with Crippen LogP contribution in [0.25, 0.3) is 0 Å². The molecule has 1 aliphatic heterocycles. The zero-order valence-electron chi connectivity index (χ0n) is 11.4. The number of carbonyl (C=O) groups is 1. The summed E-state index contributed by atoms with van der Waals surface area (Å²) in [7, 11) is 0. The Morgan fingerprint density at radius 2 is 2.06 bits per heavy atom. The molecule has 2 rings (SSSR count). The Balaban J connectivity index is 2.26. The van der Waals surface area contributed by atoms with Crippen LogP contribution < -0.4 is 5.73 Å². The molecule has 1 aliphatic rings. The third-order valence-corrected chi connectivity index (χ3v) is 3.86. The SMILES string of the molecule is Cc1ccccc1C(C)(C)C(=O)N1CC[C@@H](N)C1. The highest BCUT2D eigenvalue weighted by Gasteiger charge is 2.36. The van der Waals surface area contributed by atoms with E-state index in [2.05, 4.69) is 13.0 Å². The molecule has 1 heterocycles. The van der Waals surface area contributed by atoms with Crippen LogP contribution in [0.5, 0.6) is 0 Å². The van der Waals surface area contributed by atoms with E-state index in [1.54, 1.807) is 0 Å². The Hall–Kier alpha value is -1.35. The molecule has 0 bridgehead atoms. The van der Waals surface area contributed by atoms with Crippen LogP contribution in [0.2, 0.25) is 0 Å². The molecule has 0 aromatic heterocycles. The Morgan fingerprint density at radius 3 is 2.61 bits per heavy atom. The molecule has 0 radical (unpaired) electrons. The van der Waals surface area contributed by atoms with Crippen molar-refractivity contribution >= 4 is 5.91 Å². The standard InChI is InChI=1S/C15H22N2O/c1-11-6-4-5-7-13(11)15(2,3)14(18)17-9-8-12(16)10-17/h4-7,12H,8-10,16H2,1-3H3/t12-/m1/s1.